The summed E-state index contributed by atoms with van der Waals surface area (Å²) in [5.41, 5.74) is 5.19. The van der Waals surface area contributed by atoms with E-state index in [9.17, 15) is 5.26 Å². The van der Waals surface area contributed by atoms with Crippen LogP contribution in [0, 0.1) is 11.3 Å². The SMILES string of the molecule is CN[C@H]1CCCC[C@@H]1N(C)c1ccc(-c2cc(-c3cnn(C)c3)cn3ncc(C#N)c23)cn1. The molecule has 4 heterocycles. The van der Waals surface area contributed by atoms with E-state index in [0.717, 1.165) is 33.6 Å². The summed E-state index contributed by atoms with van der Waals surface area (Å²) in [6.07, 6.45) is 14.1. The Morgan fingerprint density at radius 1 is 1.06 bits per heavy atom. The summed E-state index contributed by atoms with van der Waals surface area (Å²) < 4.78 is 3.55. The molecular weight excluding hydrogens is 412 g/mol. The van der Waals surface area contributed by atoms with Crippen LogP contribution in [0.3, 0.4) is 0 Å². The molecule has 8 heteroatoms. The van der Waals surface area contributed by atoms with E-state index in [1.807, 2.05) is 38.9 Å². The van der Waals surface area contributed by atoms with Crippen LogP contribution in [-0.2, 0) is 7.05 Å². The van der Waals surface area contributed by atoms with E-state index >= 15 is 0 Å². The van der Waals surface area contributed by atoms with Crippen LogP contribution in [0.5, 0.6) is 0 Å². The van der Waals surface area contributed by atoms with Crippen molar-refractivity contribution in [1.82, 2.24) is 29.7 Å². The van der Waals surface area contributed by atoms with Gasteiger partial charge in [-0.3, -0.25) is 4.68 Å². The number of nitrogens with zero attached hydrogens (tertiary/aromatic N) is 7. The van der Waals surface area contributed by atoms with Crippen LogP contribution in [0.15, 0.2) is 49.2 Å². The van der Waals surface area contributed by atoms with Crippen molar-refractivity contribution in [3.8, 4) is 28.3 Å². The van der Waals surface area contributed by atoms with Gasteiger partial charge in [-0.15, -0.1) is 0 Å². The number of anilines is 1. The topological polar surface area (TPSA) is 87.1 Å². The van der Waals surface area contributed by atoms with Gasteiger partial charge in [0, 0.05) is 67.0 Å². The Bertz CT molecular complexity index is 1310. The monoisotopic (exact) mass is 440 g/mol. The maximum atomic E-state index is 9.65. The minimum atomic E-state index is 0.433. The zero-order valence-corrected chi connectivity index (χ0v) is 19.2. The Balaban J connectivity index is 1.54. The molecule has 8 nitrogen and oxygen atoms in total. The fraction of sp³-hybridized carbons (Fsp3) is 0.360. The minimum Gasteiger partial charge on any atom is -0.355 e. The Hall–Kier alpha value is -3.70. The predicted octanol–water partition coefficient (Wildman–Crippen LogP) is 3.64. The van der Waals surface area contributed by atoms with Gasteiger partial charge in [0.1, 0.15) is 11.9 Å². The number of likely N-dealkylation sites (N-methyl/N-ethyl adjacent to an activating group) is 2. The van der Waals surface area contributed by atoms with Crippen molar-refractivity contribution in [3.05, 3.63) is 54.7 Å². The number of aryl methyl sites for hydroxylation is 1. The Morgan fingerprint density at radius 3 is 2.61 bits per heavy atom. The molecule has 1 aliphatic rings. The largest absolute Gasteiger partial charge is 0.355 e. The summed E-state index contributed by atoms with van der Waals surface area (Å²) >= 11 is 0. The zero-order valence-electron chi connectivity index (χ0n) is 19.2. The van der Waals surface area contributed by atoms with Gasteiger partial charge in [-0.1, -0.05) is 12.8 Å². The molecule has 0 unspecified atom stereocenters. The first-order valence-electron chi connectivity index (χ1n) is 11.4. The van der Waals surface area contributed by atoms with Crippen molar-refractivity contribution < 1.29 is 0 Å². The highest BCUT2D eigenvalue weighted by atomic mass is 15.2. The lowest BCUT2D eigenvalue weighted by Crippen LogP contribution is -2.49. The number of pyridine rings is 2. The van der Waals surface area contributed by atoms with Gasteiger partial charge < -0.3 is 10.2 Å². The van der Waals surface area contributed by atoms with E-state index < -0.39 is 0 Å². The van der Waals surface area contributed by atoms with Gasteiger partial charge in [0.25, 0.3) is 0 Å². The van der Waals surface area contributed by atoms with Gasteiger partial charge in [-0.2, -0.15) is 15.5 Å². The first-order valence-corrected chi connectivity index (χ1v) is 11.4. The third kappa shape index (κ3) is 3.85. The van der Waals surface area contributed by atoms with E-state index in [-0.39, 0.29) is 0 Å². The molecule has 1 saturated carbocycles. The third-order valence-electron chi connectivity index (χ3n) is 6.79. The summed E-state index contributed by atoms with van der Waals surface area (Å²) in [5, 5.41) is 21.9. The maximum Gasteiger partial charge on any atom is 0.128 e. The average molecular weight is 441 g/mol. The quantitative estimate of drug-likeness (QED) is 0.510. The lowest BCUT2D eigenvalue weighted by molar-refractivity contribution is 0.334. The van der Waals surface area contributed by atoms with Crippen molar-refractivity contribution in [1.29, 1.82) is 5.26 Å². The highest BCUT2D eigenvalue weighted by molar-refractivity contribution is 5.87. The summed E-state index contributed by atoms with van der Waals surface area (Å²) in [6.45, 7) is 0. The smallest absolute Gasteiger partial charge is 0.128 e. The molecule has 0 saturated heterocycles. The molecule has 168 valence electrons. The second-order valence-corrected chi connectivity index (χ2v) is 8.77. The molecule has 2 atom stereocenters. The Kier molecular flexibility index (Phi) is 5.56. The Morgan fingerprint density at radius 2 is 1.91 bits per heavy atom. The zero-order chi connectivity index (χ0) is 22.9. The molecule has 1 N–H and O–H groups in total. The fourth-order valence-electron chi connectivity index (χ4n) is 4.99. The number of nitrogens with one attached hydrogen (secondary N) is 1. The predicted molar refractivity (Wildman–Crippen MR) is 129 cm³/mol. The van der Waals surface area contributed by atoms with Crippen molar-refractivity contribution >= 4 is 11.3 Å². The molecule has 1 aliphatic carbocycles. The van der Waals surface area contributed by atoms with Gasteiger partial charge >= 0.3 is 0 Å². The first-order chi connectivity index (χ1) is 16.1. The van der Waals surface area contributed by atoms with Crippen LogP contribution < -0.4 is 10.2 Å². The number of rotatable bonds is 5. The number of nitriles is 1. The number of aromatic nitrogens is 5. The van der Waals surface area contributed by atoms with E-state index in [1.165, 1.54) is 25.7 Å². The molecule has 4 aromatic heterocycles. The lowest BCUT2D eigenvalue weighted by atomic mass is 9.89. The minimum absolute atomic E-state index is 0.433. The summed E-state index contributed by atoms with van der Waals surface area (Å²) in [7, 11) is 6.08. The van der Waals surface area contributed by atoms with Crippen molar-refractivity contribution in [2.75, 3.05) is 19.0 Å². The maximum absolute atomic E-state index is 9.65. The molecule has 33 heavy (non-hydrogen) atoms. The van der Waals surface area contributed by atoms with Crippen molar-refractivity contribution in [2.24, 2.45) is 7.05 Å². The molecule has 1 fully saturated rings. The molecule has 5 rings (SSSR count). The van der Waals surface area contributed by atoms with Gasteiger partial charge in [0.05, 0.1) is 23.5 Å². The number of hydrogen-bond acceptors (Lipinski definition) is 6. The van der Waals surface area contributed by atoms with Gasteiger partial charge in [-0.25, -0.2) is 9.50 Å². The second-order valence-electron chi connectivity index (χ2n) is 8.77. The molecule has 0 aliphatic heterocycles. The van der Waals surface area contributed by atoms with E-state index in [4.69, 9.17) is 4.98 Å². The first kappa shape index (κ1) is 21.2. The Labute approximate surface area is 193 Å². The molecule has 0 spiro atoms. The fourth-order valence-corrected chi connectivity index (χ4v) is 4.99. The molecule has 0 bridgehead atoms. The van der Waals surface area contributed by atoms with E-state index in [1.54, 1.807) is 15.4 Å². The van der Waals surface area contributed by atoms with Gasteiger partial charge in [0.15, 0.2) is 0 Å². The van der Waals surface area contributed by atoms with E-state index in [0.29, 0.717) is 17.6 Å². The number of fused-ring (bicyclic) bond motifs is 1. The average Bonchev–Trinajstić information content (AvgIpc) is 3.49. The highest BCUT2D eigenvalue weighted by Gasteiger charge is 2.28. The van der Waals surface area contributed by atoms with Crippen LogP contribution >= 0.6 is 0 Å². The van der Waals surface area contributed by atoms with Crippen molar-refractivity contribution in [3.63, 3.8) is 0 Å². The molecular formula is C25H28N8. The molecule has 4 aromatic rings. The van der Waals surface area contributed by atoms with Crippen LogP contribution in [0.25, 0.3) is 27.8 Å². The highest BCUT2D eigenvalue weighted by Crippen LogP contribution is 2.33. The summed E-state index contributed by atoms with van der Waals surface area (Å²) in [6, 6.07) is 9.44. The third-order valence-corrected chi connectivity index (χ3v) is 6.79. The van der Waals surface area contributed by atoms with Crippen LogP contribution in [0.2, 0.25) is 0 Å². The van der Waals surface area contributed by atoms with Gasteiger partial charge in [0.2, 0.25) is 0 Å². The summed E-state index contributed by atoms with van der Waals surface area (Å²) in [4.78, 5) is 7.12. The number of hydrogen-bond donors (Lipinski definition) is 1. The second kappa shape index (κ2) is 8.68. The summed E-state index contributed by atoms with van der Waals surface area (Å²) in [5.74, 6) is 0.958. The van der Waals surface area contributed by atoms with Gasteiger partial charge in [-0.05, 0) is 38.1 Å². The van der Waals surface area contributed by atoms with Crippen LogP contribution in [0.4, 0.5) is 5.82 Å². The lowest BCUT2D eigenvalue weighted by Gasteiger charge is -2.38. The standard InChI is InChI=1S/C25H28N8/c1-27-22-6-4-5-7-23(22)32(3)24-9-8-17(12-28-24)21-10-18(20-14-29-31(2)15-20)16-33-25(21)19(11-26)13-30-33/h8-10,12-16,22-23,27H,4-7H2,1-3H3/t22-,23-/m0/s1. The van der Waals surface area contributed by atoms with Crippen molar-refractivity contribution in [2.45, 2.75) is 37.8 Å². The molecule has 0 radical (unpaired) electrons. The molecule has 0 aromatic carbocycles. The van der Waals surface area contributed by atoms with Crippen LogP contribution in [-0.4, -0.2) is 50.6 Å². The van der Waals surface area contributed by atoms with Crippen LogP contribution in [0.1, 0.15) is 31.2 Å². The normalized spacial score (nSPS) is 18.4. The van der Waals surface area contributed by atoms with E-state index in [2.05, 4.69) is 51.7 Å². The molecule has 0 amide bonds.